The minimum absolute atomic E-state index is 0.966. The van der Waals surface area contributed by atoms with E-state index < -0.39 is 0 Å². The Hall–Kier alpha value is -16.1. The highest BCUT2D eigenvalue weighted by atomic mass is 16.4. The Balaban J connectivity index is 0.000000119. The van der Waals surface area contributed by atoms with Gasteiger partial charge in [-0.05, 0) is 186 Å². The molecule has 0 saturated heterocycles. The van der Waals surface area contributed by atoms with E-state index in [0.717, 1.165) is 89.3 Å². The Morgan fingerprint density at radius 1 is 0.161 bits per heavy atom. The molecule has 12 heteroatoms. The minimum atomic E-state index is 0.966. The van der Waals surface area contributed by atoms with Crippen molar-refractivity contribution in [1.29, 1.82) is 0 Å². The van der Waals surface area contributed by atoms with Crippen LogP contribution in [0.5, 0.6) is 0 Å². The van der Waals surface area contributed by atoms with E-state index in [9.17, 15) is 0 Å². The highest BCUT2D eigenvalue weighted by Crippen LogP contribution is 2.37. The van der Waals surface area contributed by atoms with Gasteiger partial charge in [0, 0.05) is 86.2 Å². The summed E-state index contributed by atoms with van der Waals surface area (Å²) in [5.41, 5.74) is 25.5. The molecule has 0 N–H and O–H groups in total. The van der Waals surface area contributed by atoms with Crippen LogP contribution < -0.4 is 0 Å². The third kappa shape index (κ3) is 19.6. The number of nitrogens with zero attached hydrogens (tertiary/aromatic N) is 4. The first kappa shape index (κ1) is 85.8. The Kier molecular flexibility index (Phi) is 28.0. The summed E-state index contributed by atoms with van der Waals surface area (Å²) in [4.78, 5) is 11.0. The van der Waals surface area contributed by atoms with Crippen molar-refractivity contribution in [2.45, 2.75) is 55.4 Å². The number of aryl methyl sites for hydroxylation is 8. The molecule has 24 aromatic rings. The van der Waals surface area contributed by atoms with E-state index in [2.05, 4.69) is 232 Å². The number of rotatable bonds is 0. The van der Waals surface area contributed by atoms with E-state index in [1.807, 2.05) is 182 Å². The van der Waals surface area contributed by atoms with E-state index in [1.165, 1.54) is 159 Å². The van der Waals surface area contributed by atoms with Gasteiger partial charge < -0.3 is 54.7 Å². The molecule has 0 saturated carbocycles. The molecule has 0 unspecified atom stereocenters. The molecule has 124 heavy (non-hydrogen) atoms. The van der Waals surface area contributed by atoms with Crippen molar-refractivity contribution < 1.29 is 35.3 Å². The number of hydrogen-bond acceptors (Lipinski definition) is 8. The quantitative estimate of drug-likeness (QED) is 0.138. The van der Waals surface area contributed by atoms with Crippen molar-refractivity contribution in [3.05, 3.63) is 430 Å². The molecule has 0 fully saturated rings. The second-order valence-electron chi connectivity index (χ2n) is 29.5. The predicted molar refractivity (Wildman–Crippen MR) is 518 cm³/mol. The fraction of sp³-hybridized carbons (Fsp3) is 0.107. The van der Waals surface area contributed by atoms with Gasteiger partial charge in [-0.25, -0.2) is 26.3 Å². The van der Waals surface area contributed by atoms with Crippen LogP contribution in [0.2, 0.25) is 0 Å². The van der Waals surface area contributed by atoms with E-state index >= 15 is 0 Å². The number of fused-ring (bicyclic) bond motifs is 24. The summed E-state index contributed by atoms with van der Waals surface area (Å²) < 4.78 is 45.9. The van der Waals surface area contributed by atoms with Crippen molar-refractivity contribution in [3.63, 3.8) is 0 Å². The SMILES string of the molecule is Cc1ccc2c(c1)oc1ccccc12.Cc1ccc2c(c1)oc1ccccc12.Cc1ccc2oc3ccccc3c2c1.Cc1ccc2oc3ccccc3c2c1.Cc1cccc2c1oc1ccccc12.Cc1cccc2c1oc1ccccc12.Cc1cccc2oc3ccccc3c12.Cc1cccc2oc3ccccc3c12.[C-]#[N+]C.[C-]#[N+]C.[C-]#[N+]C.[C-]#[N+]C. The standard InChI is InChI=1S/8C13H10O.4C2H3N/c2*1-9-5-4-7-11-10-6-2-3-8-12(10)14-13(9)11;2*1-9-5-4-8-12-13(9)10-6-2-3-7-11(10)14-12;2*1-9-6-7-13-11(8-9)10-4-2-3-5-12(10)14-13;2*1-9-6-7-11-10-4-2-3-5-12(10)14-13(11)8-9;4*1-3-2/h8*2-8H,1H3;4*1H3. The second kappa shape index (κ2) is 40.6. The Morgan fingerprint density at radius 2 is 0.355 bits per heavy atom. The predicted octanol–water partition coefficient (Wildman–Crippen LogP) is 33.3. The van der Waals surface area contributed by atoms with Crippen molar-refractivity contribution in [2.24, 2.45) is 0 Å². The summed E-state index contributed by atoms with van der Waals surface area (Å²) in [6.45, 7) is 40.1. The maximum absolute atomic E-state index is 5.83. The zero-order valence-electron chi connectivity index (χ0n) is 71.4. The third-order valence-electron chi connectivity index (χ3n) is 20.6. The number of para-hydroxylation sites is 10. The maximum atomic E-state index is 5.83. The van der Waals surface area contributed by atoms with E-state index in [1.54, 1.807) is 0 Å². The molecular weight excluding hydrogens is 1530 g/mol. The van der Waals surface area contributed by atoms with Crippen LogP contribution in [-0.4, -0.2) is 28.2 Å². The normalized spacial score (nSPS) is 10.4. The van der Waals surface area contributed by atoms with Gasteiger partial charge in [0.1, 0.15) is 89.3 Å². The highest BCUT2D eigenvalue weighted by molar-refractivity contribution is 6.11. The summed E-state index contributed by atoms with van der Waals surface area (Å²) in [7, 11) is 5.67. The minimum Gasteiger partial charge on any atom is -0.456 e. The first-order chi connectivity index (χ1) is 60.5. The van der Waals surface area contributed by atoms with Crippen molar-refractivity contribution in [1.82, 2.24) is 0 Å². The van der Waals surface area contributed by atoms with Crippen LogP contribution in [0.4, 0.5) is 0 Å². The molecule has 12 nitrogen and oxygen atoms in total. The molecule has 0 aliphatic rings. The molecule has 0 atom stereocenters. The fourth-order valence-electron chi connectivity index (χ4n) is 15.0. The average Bonchev–Trinajstić information content (AvgIpc) is 1.63. The van der Waals surface area contributed by atoms with Crippen molar-refractivity contribution in [3.8, 4) is 0 Å². The molecule has 0 aliphatic carbocycles. The van der Waals surface area contributed by atoms with Crippen molar-refractivity contribution >= 4 is 176 Å². The lowest BCUT2D eigenvalue weighted by molar-refractivity contribution is 0.665. The summed E-state index contributed by atoms with van der Waals surface area (Å²) in [6.07, 6.45) is 0. The first-order valence-corrected chi connectivity index (χ1v) is 40.5. The molecule has 8 heterocycles. The molecule has 8 aromatic heterocycles. The molecule has 0 aliphatic heterocycles. The van der Waals surface area contributed by atoms with Gasteiger partial charge in [-0.2, -0.15) is 0 Å². The third-order valence-corrected chi connectivity index (χ3v) is 20.6. The zero-order valence-corrected chi connectivity index (χ0v) is 71.4. The second-order valence-corrected chi connectivity index (χ2v) is 29.5. The Morgan fingerprint density at radius 3 is 0.677 bits per heavy atom. The Labute approximate surface area is 719 Å². The Bertz CT molecular complexity index is 7460. The van der Waals surface area contributed by atoms with Gasteiger partial charge >= 0.3 is 0 Å². The monoisotopic (exact) mass is 1620 g/mol. The topological polar surface area (TPSA) is 123 Å². The van der Waals surface area contributed by atoms with E-state index in [4.69, 9.17) is 61.6 Å². The molecule has 0 bridgehead atoms. The molecule has 0 amide bonds. The lowest BCUT2D eigenvalue weighted by atomic mass is 10.1. The van der Waals surface area contributed by atoms with Gasteiger partial charge in [-0.1, -0.05) is 254 Å². The summed E-state index contributed by atoms with van der Waals surface area (Å²) in [6, 6.07) is 115. The number of hydrogen-bond donors (Lipinski definition) is 0. The summed E-state index contributed by atoms with van der Waals surface area (Å²) in [5, 5.41) is 19.3. The summed E-state index contributed by atoms with van der Waals surface area (Å²) >= 11 is 0. The summed E-state index contributed by atoms with van der Waals surface area (Å²) in [5.74, 6) is 0. The van der Waals surface area contributed by atoms with Crippen LogP contribution in [0.3, 0.4) is 0 Å². The van der Waals surface area contributed by atoms with Crippen LogP contribution in [-0.2, 0) is 0 Å². The van der Waals surface area contributed by atoms with E-state index in [0.29, 0.717) is 0 Å². The van der Waals surface area contributed by atoms with Gasteiger partial charge in [-0.15, -0.1) is 0 Å². The molecule has 0 spiro atoms. The highest BCUT2D eigenvalue weighted by Gasteiger charge is 2.14. The van der Waals surface area contributed by atoms with Crippen LogP contribution >= 0.6 is 0 Å². The van der Waals surface area contributed by atoms with Gasteiger partial charge in [0.25, 0.3) is 0 Å². The van der Waals surface area contributed by atoms with Crippen LogP contribution in [0.15, 0.2) is 375 Å². The molecule has 16 aromatic carbocycles. The lowest BCUT2D eigenvalue weighted by Gasteiger charge is -1.93. The first-order valence-electron chi connectivity index (χ1n) is 40.5. The molecule has 24 rings (SSSR count). The fourth-order valence-corrected chi connectivity index (χ4v) is 15.0. The molecule has 0 radical (unpaired) electrons. The maximum Gasteiger partial charge on any atom is 0.205 e. The largest absolute Gasteiger partial charge is 0.456 e. The van der Waals surface area contributed by atoms with Gasteiger partial charge in [-0.3, -0.25) is 0 Å². The van der Waals surface area contributed by atoms with Crippen LogP contribution in [0.25, 0.3) is 195 Å². The van der Waals surface area contributed by atoms with E-state index in [-0.39, 0.29) is 0 Å². The smallest absolute Gasteiger partial charge is 0.205 e. The molecular formula is C112H92N4O8. The van der Waals surface area contributed by atoms with Crippen molar-refractivity contribution in [2.75, 3.05) is 28.2 Å². The van der Waals surface area contributed by atoms with Gasteiger partial charge in [0.05, 0.1) is 0 Å². The zero-order chi connectivity index (χ0) is 87.2. The number of benzene rings is 16. The van der Waals surface area contributed by atoms with Crippen LogP contribution in [0.1, 0.15) is 44.5 Å². The molecule has 608 valence electrons. The average molecular weight is 1620 g/mol. The van der Waals surface area contributed by atoms with Gasteiger partial charge in [0.15, 0.2) is 0 Å². The van der Waals surface area contributed by atoms with Gasteiger partial charge in [0.2, 0.25) is 28.2 Å². The lowest BCUT2D eigenvalue weighted by Crippen LogP contribution is -1.72. The van der Waals surface area contributed by atoms with Crippen LogP contribution in [0, 0.1) is 81.7 Å². The number of furan rings is 8.